The molecule has 1 aromatic heterocycles. The summed E-state index contributed by atoms with van der Waals surface area (Å²) < 4.78 is 18.3. The summed E-state index contributed by atoms with van der Waals surface area (Å²) in [6.45, 7) is 5.67. The lowest BCUT2D eigenvalue weighted by Crippen LogP contribution is -2.38. The summed E-state index contributed by atoms with van der Waals surface area (Å²) in [7, 11) is 1.56. The number of esters is 1. The van der Waals surface area contributed by atoms with Crippen LogP contribution in [-0.2, 0) is 14.3 Å². The van der Waals surface area contributed by atoms with Crippen molar-refractivity contribution in [2.24, 2.45) is 5.92 Å². The lowest BCUT2D eigenvalue weighted by atomic mass is 9.93. The summed E-state index contributed by atoms with van der Waals surface area (Å²) in [4.78, 5) is 26.6. The number of likely N-dealkylation sites (tertiary alicyclic amines) is 1. The van der Waals surface area contributed by atoms with Crippen molar-refractivity contribution >= 4 is 29.6 Å². The normalized spacial score (nSPS) is 14.7. The summed E-state index contributed by atoms with van der Waals surface area (Å²) in [5.41, 5.74) is 2.61. The van der Waals surface area contributed by atoms with Crippen molar-refractivity contribution < 1.29 is 28.9 Å². The van der Waals surface area contributed by atoms with Gasteiger partial charge in [-0.3, -0.25) is 9.59 Å². The minimum absolute atomic E-state index is 0.0820. The third kappa shape index (κ3) is 7.31. The standard InChI is InChI=1S/C32H37ClN2O6/c1-4-40-30(37)20-22-15-18-34(19-16-22)29(36)14-12-24-8-7-17-35(24)27-13-11-23(33)21-26(27)31(38)25-9-6-10-28(39-3)32(25)41-5-2/h6-14,17,21-22,31,38H,4-5,15-16,18-20H2,1-3H3. The number of hydrogen-bond donors (Lipinski definition) is 1. The molecule has 1 unspecified atom stereocenters. The molecule has 0 bridgehead atoms. The highest BCUT2D eigenvalue weighted by atomic mass is 35.5. The van der Waals surface area contributed by atoms with Gasteiger partial charge in [-0.2, -0.15) is 0 Å². The van der Waals surface area contributed by atoms with Gasteiger partial charge < -0.3 is 28.8 Å². The van der Waals surface area contributed by atoms with E-state index in [4.69, 9.17) is 25.8 Å². The first-order valence-electron chi connectivity index (χ1n) is 13.9. The number of aromatic nitrogens is 1. The Kier molecular flexibility index (Phi) is 10.5. The van der Waals surface area contributed by atoms with E-state index >= 15 is 0 Å². The van der Waals surface area contributed by atoms with Crippen LogP contribution in [0.3, 0.4) is 0 Å². The van der Waals surface area contributed by atoms with E-state index in [0.717, 1.165) is 18.5 Å². The van der Waals surface area contributed by atoms with Crippen molar-refractivity contribution in [3.05, 3.63) is 82.6 Å². The number of para-hydroxylation sites is 1. The molecule has 2 heterocycles. The van der Waals surface area contributed by atoms with Crippen molar-refractivity contribution in [2.75, 3.05) is 33.4 Å². The van der Waals surface area contributed by atoms with Gasteiger partial charge in [0.25, 0.3) is 0 Å². The minimum atomic E-state index is -1.06. The molecule has 1 fully saturated rings. The zero-order chi connectivity index (χ0) is 29.4. The molecule has 1 aliphatic heterocycles. The molecule has 2 aromatic carbocycles. The van der Waals surface area contributed by atoms with Gasteiger partial charge in [-0.25, -0.2) is 0 Å². The van der Waals surface area contributed by atoms with E-state index in [-0.39, 0.29) is 17.8 Å². The monoisotopic (exact) mass is 580 g/mol. The number of hydrogen-bond acceptors (Lipinski definition) is 6. The van der Waals surface area contributed by atoms with E-state index in [9.17, 15) is 14.7 Å². The van der Waals surface area contributed by atoms with Crippen molar-refractivity contribution in [1.29, 1.82) is 0 Å². The third-order valence-corrected chi connectivity index (χ3v) is 7.46. The van der Waals surface area contributed by atoms with Crippen molar-refractivity contribution in [3.63, 3.8) is 0 Å². The van der Waals surface area contributed by atoms with Crippen LogP contribution in [0, 0.1) is 5.92 Å². The van der Waals surface area contributed by atoms with E-state index in [2.05, 4.69) is 0 Å². The lowest BCUT2D eigenvalue weighted by Gasteiger charge is -2.30. The molecule has 0 radical (unpaired) electrons. The molecule has 0 saturated carbocycles. The van der Waals surface area contributed by atoms with Crippen LogP contribution in [0.2, 0.25) is 5.02 Å². The first-order chi connectivity index (χ1) is 19.9. The predicted molar refractivity (Wildman–Crippen MR) is 159 cm³/mol. The number of benzene rings is 2. The van der Waals surface area contributed by atoms with Crippen LogP contribution in [0.15, 0.2) is 60.8 Å². The molecular formula is C32H37ClN2O6. The predicted octanol–water partition coefficient (Wildman–Crippen LogP) is 5.82. The Morgan fingerprint density at radius 2 is 1.85 bits per heavy atom. The Labute approximate surface area is 246 Å². The number of carbonyl (C=O) groups is 2. The quantitative estimate of drug-likeness (QED) is 0.227. The van der Waals surface area contributed by atoms with Gasteiger partial charge in [0.1, 0.15) is 6.10 Å². The van der Waals surface area contributed by atoms with Gasteiger partial charge in [0, 0.05) is 53.6 Å². The molecule has 1 atom stereocenters. The van der Waals surface area contributed by atoms with Crippen LogP contribution in [0.1, 0.15) is 56.0 Å². The van der Waals surface area contributed by atoms with Gasteiger partial charge in [0.15, 0.2) is 11.5 Å². The second-order valence-electron chi connectivity index (χ2n) is 9.83. The Bertz CT molecular complexity index is 1380. The van der Waals surface area contributed by atoms with Gasteiger partial charge in [-0.1, -0.05) is 23.7 Å². The first kappa shape index (κ1) is 30.2. The highest BCUT2D eigenvalue weighted by molar-refractivity contribution is 6.30. The molecule has 3 aromatic rings. The Morgan fingerprint density at radius 3 is 2.56 bits per heavy atom. The van der Waals surface area contributed by atoms with Gasteiger partial charge in [-0.15, -0.1) is 0 Å². The summed E-state index contributed by atoms with van der Waals surface area (Å²) in [5.74, 6) is 0.980. The fourth-order valence-electron chi connectivity index (χ4n) is 5.16. The molecule has 41 heavy (non-hydrogen) atoms. The van der Waals surface area contributed by atoms with E-state index in [1.807, 2.05) is 35.9 Å². The third-order valence-electron chi connectivity index (χ3n) is 7.22. The number of amides is 1. The number of aliphatic hydroxyl groups excluding tert-OH is 1. The van der Waals surface area contributed by atoms with Crippen LogP contribution >= 0.6 is 11.6 Å². The average Bonchev–Trinajstić information content (AvgIpc) is 3.44. The first-order valence-corrected chi connectivity index (χ1v) is 14.3. The van der Waals surface area contributed by atoms with Crippen molar-refractivity contribution in [1.82, 2.24) is 9.47 Å². The smallest absolute Gasteiger partial charge is 0.306 e. The van der Waals surface area contributed by atoms with Crippen molar-refractivity contribution in [3.8, 4) is 17.2 Å². The maximum Gasteiger partial charge on any atom is 0.306 e. The Morgan fingerprint density at radius 1 is 1.07 bits per heavy atom. The zero-order valence-electron chi connectivity index (χ0n) is 23.7. The molecule has 0 spiro atoms. The molecule has 8 nitrogen and oxygen atoms in total. The molecule has 218 valence electrons. The van der Waals surface area contributed by atoms with E-state index < -0.39 is 6.10 Å². The van der Waals surface area contributed by atoms with Gasteiger partial charge in [0.05, 0.1) is 26.0 Å². The maximum atomic E-state index is 13.0. The van der Waals surface area contributed by atoms with Crippen LogP contribution < -0.4 is 9.47 Å². The largest absolute Gasteiger partial charge is 0.493 e. The zero-order valence-corrected chi connectivity index (χ0v) is 24.5. The molecular weight excluding hydrogens is 544 g/mol. The second kappa shape index (κ2) is 14.2. The fraction of sp³-hybridized carbons (Fsp3) is 0.375. The molecule has 1 N–H and O–H groups in total. The van der Waals surface area contributed by atoms with Crippen LogP contribution in [0.25, 0.3) is 11.8 Å². The van der Waals surface area contributed by atoms with Crippen LogP contribution in [0.5, 0.6) is 11.5 Å². The minimum Gasteiger partial charge on any atom is -0.493 e. The number of aliphatic hydroxyl groups is 1. The fourth-order valence-corrected chi connectivity index (χ4v) is 5.34. The molecule has 1 amide bonds. The Balaban J connectivity index is 1.54. The van der Waals surface area contributed by atoms with Gasteiger partial charge in [-0.05, 0) is 75.1 Å². The van der Waals surface area contributed by atoms with E-state index in [0.29, 0.717) is 66.1 Å². The van der Waals surface area contributed by atoms with Crippen LogP contribution in [-0.4, -0.2) is 59.9 Å². The number of nitrogens with zero attached hydrogens (tertiary/aromatic N) is 2. The highest BCUT2D eigenvalue weighted by Gasteiger charge is 2.25. The van der Waals surface area contributed by atoms with E-state index in [1.54, 1.807) is 61.4 Å². The van der Waals surface area contributed by atoms with Gasteiger partial charge >= 0.3 is 5.97 Å². The molecule has 1 saturated heterocycles. The summed E-state index contributed by atoms with van der Waals surface area (Å²) in [5, 5.41) is 12.1. The topological polar surface area (TPSA) is 90.2 Å². The summed E-state index contributed by atoms with van der Waals surface area (Å²) in [6.07, 6.45) is 6.10. The average molecular weight is 581 g/mol. The SMILES string of the molecule is CCOC(=O)CC1CCN(C(=O)C=Cc2cccn2-c2ccc(Cl)cc2C(O)c2cccc(OC)c2OCC)CC1. The molecule has 0 aliphatic carbocycles. The number of carbonyl (C=O) groups excluding carboxylic acids is 2. The maximum absolute atomic E-state index is 13.0. The summed E-state index contributed by atoms with van der Waals surface area (Å²) in [6, 6.07) is 14.5. The molecule has 4 rings (SSSR count). The van der Waals surface area contributed by atoms with Crippen LogP contribution in [0.4, 0.5) is 0 Å². The molecule has 9 heteroatoms. The Hall–Kier alpha value is -3.75. The van der Waals surface area contributed by atoms with Gasteiger partial charge in [0.2, 0.25) is 5.91 Å². The van der Waals surface area contributed by atoms with E-state index in [1.165, 1.54) is 0 Å². The molecule has 1 aliphatic rings. The second-order valence-corrected chi connectivity index (χ2v) is 10.3. The number of piperidine rings is 1. The number of rotatable bonds is 11. The highest BCUT2D eigenvalue weighted by Crippen LogP contribution is 2.40. The number of halogens is 1. The number of methoxy groups -OCH3 is 1. The lowest BCUT2D eigenvalue weighted by molar-refractivity contribution is -0.144. The summed E-state index contributed by atoms with van der Waals surface area (Å²) >= 11 is 6.39. The van der Waals surface area contributed by atoms with Crippen molar-refractivity contribution in [2.45, 2.75) is 39.2 Å². The number of ether oxygens (including phenoxy) is 3.